The van der Waals surface area contributed by atoms with Gasteiger partial charge in [0.15, 0.2) is 0 Å². The van der Waals surface area contributed by atoms with Crippen molar-refractivity contribution in [3.05, 3.63) is 54.1 Å². The monoisotopic (exact) mass is 395 g/mol. The fourth-order valence-electron chi connectivity index (χ4n) is 2.98. The lowest BCUT2D eigenvalue weighted by molar-refractivity contribution is -0.123. The first-order valence-electron chi connectivity index (χ1n) is 9.35. The number of nitrogens with zero attached hydrogens (tertiary/aromatic N) is 4. The zero-order valence-electron chi connectivity index (χ0n) is 17.0. The Morgan fingerprint density at radius 1 is 1.07 bits per heavy atom. The second-order valence-electron chi connectivity index (χ2n) is 6.94. The van der Waals surface area contributed by atoms with Crippen LogP contribution in [0.2, 0.25) is 0 Å². The number of benzene rings is 2. The summed E-state index contributed by atoms with van der Waals surface area (Å²) in [4.78, 5) is 13.9. The summed E-state index contributed by atoms with van der Waals surface area (Å²) in [5.41, 5.74) is 1.78. The second-order valence-corrected chi connectivity index (χ2v) is 6.94. The van der Waals surface area contributed by atoms with E-state index in [1.807, 2.05) is 48.5 Å². The molecule has 29 heavy (non-hydrogen) atoms. The number of nitrogens with one attached hydrogen (secondary N) is 1. The Labute approximate surface area is 169 Å². The zero-order chi connectivity index (χ0) is 20.8. The van der Waals surface area contributed by atoms with E-state index in [1.165, 1.54) is 4.80 Å². The van der Waals surface area contributed by atoms with Gasteiger partial charge in [0, 0.05) is 5.56 Å². The molecule has 8 nitrogen and oxygen atoms in total. The van der Waals surface area contributed by atoms with E-state index in [9.17, 15) is 4.79 Å². The smallest absolute Gasteiger partial charge is 0.244 e. The molecule has 0 fully saturated rings. The van der Waals surface area contributed by atoms with Gasteiger partial charge in [-0.05, 0) is 41.0 Å². The van der Waals surface area contributed by atoms with Crippen LogP contribution >= 0.6 is 0 Å². The molecule has 1 atom stereocenters. The third-order valence-electron chi connectivity index (χ3n) is 4.52. The molecule has 0 saturated heterocycles. The molecule has 1 aromatic heterocycles. The molecule has 1 unspecified atom stereocenters. The minimum absolute atomic E-state index is 0.0175. The van der Waals surface area contributed by atoms with Gasteiger partial charge in [0.05, 0.1) is 20.3 Å². The van der Waals surface area contributed by atoms with Crippen LogP contribution in [0.1, 0.15) is 25.5 Å². The van der Waals surface area contributed by atoms with Crippen molar-refractivity contribution in [3.63, 3.8) is 0 Å². The van der Waals surface area contributed by atoms with Gasteiger partial charge >= 0.3 is 0 Å². The number of ether oxygens (including phenoxy) is 2. The highest BCUT2D eigenvalue weighted by Gasteiger charge is 2.19. The molecule has 0 bridgehead atoms. The fourth-order valence-corrected chi connectivity index (χ4v) is 2.98. The molecule has 0 aliphatic carbocycles. The van der Waals surface area contributed by atoms with Gasteiger partial charge in [-0.25, -0.2) is 0 Å². The van der Waals surface area contributed by atoms with Crippen LogP contribution in [-0.4, -0.2) is 40.3 Å². The van der Waals surface area contributed by atoms with Gasteiger partial charge in [-0.3, -0.25) is 4.79 Å². The molecule has 0 spiro atoms. The van der Waals surface area contributed by atoms with Gasteiger partial charge < -0.3 is 14.8 Å². The lowest BCUT2D eigenvalue weighted by atomic mass is 9.96. The van der Waals surface area contributed by atoms with Crippen molar-refractivity contribution >= 4 is 5.91 Å². The number of hydrogen-bond acceptors (Lipinski definition) is 6. The Hall–Kier alpha value is -3.42. The van der Waals surface area contributed by atoms with E-state index in [4.69, 9.17) is 9.47 Å². The van der Waals surface area contributed by atoms with Crippen molar-refractivity contribution in [2.24, 2.45) is 5.92 Å². The van der Waals surface area contributed by atoms with Crippen LogP contribution in [0.25, 0.3) is 11.4 Å². The topological polar surface area (TPSA) is 91.2 Å². The molecule has 0 saturated carbocycles. The molecule has 1 amide bonds. The number of aromatic nitrogens is 4. The fraction of sp³-hybridized carbons (Fsp3) is 0.333. The van der Waals surface area contributed by atoms with Crippen LogP contribution in [0, 0.1) is 5.92 Å². The quantitative estimate of drug-likeness (QED) is 0.631. The van der Waals surface area contributed by atoms with E-state index in [0.717, 1.165) is 16.9 Å². The van der Waals surface area contributed by atoms with Gasteiger partial charge in [-0.1, -0.05) is 38.1 Å². The maximum Gasteiger partial charge on any atom is 0.244 e. The predicted octanol–water partition coefficient (Wildman–Crippen LogP) is 2.87. The number of carbonyl (C=O) groups is 1. The van der Waals surface area contributed by atoms with Crippen molar-refractivity contribution in [2.45, 2.75) is 26.4 Å². The third kappa shape index (κ3) is 5.10. The first kappa shape index (κ1) is 20.3. The van der Waals surface area contributed by atoms with Gasteiger partial charge in [0.1, 0.15) is 18.0 Å². The number of methoxy groups -OCH3 is 2. The summed E-state index contributed by atoms with van der Waals surface area (Å²) in [5.74, 6) is 1.94. The lowest BCUT2D eigenvalue weighted by Gasteiger charge is -2.23. The molecule has 0 aliphatic heterocycles. The highest BCUT2D eigenvalue weighted by molar-refractivity contribution is 5.76. The van der Waals surface area contributed by atoms with Crippen molar-refractivity contribution in [1.29, 1.82) is 0 Å². The maximum absolute atomic E-state index is 12.6. The average molecular weight is 395 g/mol. The van der Waals surface area contributed by atoms with E-state index in [-0.39, 0.29) is 24.4 Å². The van der Waals surface area contributed by atoms with Crippen LogP contribution < -0.4 is 14.8 Å². The Kier molecular flexibility index (Phi) is 6.43. The van der Waals surface area contributed by atoms with Crippen LogP contribution in [0.4, 0.5) is 0 Å². The summed E-state index contributed by atoms with van der Waals surface area (Å²) in [7, 11) is 3.23. The Morgan fingerprint density at radius 3 is 2.45 bits per heavy atom. The largest absolute Gasteiger partial charge is 0.497 e. The molecule has 8 heteroatoms. The molecule has 0 aliphatic rings. The number of hydrogen-bond donors (Lipinski definition) is 1. The number of carbonyl (C=O) groups excluding carboxylic acids is 1. The van der Waals surface area contributed by atoms with Gasteiger partial charge in [0.25, 0.3) is 0 Å². The molecule has 152 valence electrons. The molecule has 1 heterocycles. The first-order chi connectivity index (χ1) is 14.0. The third-order valence-corrected chi connectivity index (χ3v) is 4.52. The molecule has 3 rings (SSSR count). The van der Waals surface area contributed by atoms with E-state index in [0.29, 0.717) is 11.6 Å². The second kappa shape index (κ2) is 9.18. The summed E-state index contributed by atoms with van der Waals surface area (Å²) in [6.45, 7) is 4.10. The van der Waals surface area contributed by atoms with Crippen LogP contribution in [0.15, 0.2) is 48.5 Å². The normalized spacial score (nSPS) is 11.9. The van der Waals surface area contributed by atoms with Gasteiger partial charge in [-0.15, -0.1) is 10.2 Å². The van der Waals surface area contributed by atoms with E-state index >= 15 is 0 Å². The summed E-state index contributed by atoms with van der Waals surface area (Å²) in [6, 6.07) is 14.9. The first-order valence-corrected chi connectivity index (χ1v) is 9.35. The molecular weight excluding hydrogens is 370 g/mol. The minimum Gasteiger partial charge on any atom is -0.497 e. The molecule has 0 radical (unpaired) electrons. The molecule has 1 N–H and O–H groups in total. The SMILES string of the molecule is COc1ccc(C(NC(=O)Cn2nnc(-c3cccc(OC)c3)n2)C(C)C)cc1. The summed E-state index contributed by atoms with van der Waals surface area (Å²) < 4.78 is 10.4. The van der Waals surface area contributed by atoms with Crippen molar-refractivity contribution in [2.75, 3.05) is 14.2 Å². The summed E-state index contributed by atoms with van der Waals surface area (Å²) in [5, 5.41) is 15.4. The van der Waals surface area contributed by atoms with E-state index in [1.54, 1.807) is 14.2 Å². The summed E-state index contributed by atoms with van der Waals surface area (Å²) in [6.07, 6.45) is 0. The van der Waals surface area contributed by atoms with Crippen molar-refractivity contribution < 1.29 is 14.3 Å². The minimum atomic E-state index is -0.186. The average Bonchev–Trinajstić information content (AvgIpc) is 3.20. The van der Waals surface area contributed by atoms with Crippen LogP contribution in [0.3, 0.4) is 0 Å². The zero-order valence-corrected chi connectivity index (χ0v) is 17.0. The molecule has 2 aromatic carbocycles. The van der Waals surface area contributed by atoms with Crippen LogP contribution in [-0.2, 0) is 11.3 Å². The van der Waals surface area contributed by atoms with Crippen molar-refractivity contribution in [1.82, 2.24) is 25.5 Å². The predicted molar refractivity (Wildman–Crippen MR) is 109 cm³/mol. The highest BCUT2D eigenvalue weighted by Crippen LogP contribution is 2.24. The van der Waals surface area contributed by atoms with Crippen molar-refractivity contribution in [3.8, 4) is 22.9 Å². The van der Waals surface area contributed by atoms with Gasteiger partial charge in [-0.2, -0.15) is 4.80 Å². The number of amides is 1. The van der Waals surface area contributed by atoms with Gasteiger partial charge in [0.2, 0.25) is 11.7 Å². The molecule has 3 aromatic rings. The highest BCUT2D eigenvalue weighted by atomic mass is 16.5. The number of tetrazole rings is 1. The van der Waals surface area contributed by atoms with E-state index in [2.05, 4.69) is 34.6 Å². The molecular formula is C21H25N5O3. The summed E-state index contributed by atoms with van der Waals surface area (Å²) >= 11 is 0. The van der Waals surface area contributed by atoms with Crippen LogP contribution in [0.5, 0.6) is 11.5 Å². The standard InChI is InChI=1S/C21H25N5O3/c1-14(2)20(15-8-10-17(28-3)11-9-15)22-19(27)13-26-24-21(23-25-26)16-6-5-7-18(12-16)29-4/h5-12,14,20H,13H2,1-4H3,(H,22,27). The lowest BCUT2D eigenvalue weighted by Crippen LogP contribution is -2.34. The Bertz CT molecular complexity index is 953. The van der Waals surface area contributed by atoms with E-state index < -0.39 is 0 Å². The Balaban J connectivity index is 1.68. The maximum atomic E-state index is 12.6. The Morgan fingerprint density at radius 2 is 1.79 bits per heavy atom. The number of rotatable bonds is 8.